The quantitative estimate of drug-likeness (QED) is 0.489. The fourth-order valence-electron chi connectivity index (χ4n) is 3.08. The molecule has 0 spiro atoms. The van der Waals surface area contributed by atoms with E-state index in [0.29, 0.717) is 23.9 Å². The van der Waals surface area contributed by atoms with E-state index in [1.165, 1.54) is 22.9 Å². The molecule has 1 aromatic heterocycles. The van der Waals surface area contributed by atoms with Gasteiger partial charge in [-0.1, -0.05) is 30.0 Å². The third-order valence-corrected chi connectivity index (χ3v) is 5.99. The Hall–Kier alpha value is -2.48. The second-order valence-electron chi connectivity index (χ2n) is 6.97. The first-order valence-electron chi connectivity index (χ1n) is 9.73. The number of thioether (sulfide) groups is 1. The van der Waals surface area contributed by atoms with Crippen LogP contribution in [0, 0.1) is 13.8 Å². The molecule has 0 fully saturated rings. The normalized spacial score (nSPS) is 12.0. The van der Waals surface area contributed by atoms with Crippen LogP contribution in [0.1, 0.15) is 16.7 Å². The summed E-state index contributed by atoms with van der Waals surface area (Å²) in [5.41, 5.74) is 4.52. The smallest absolute Gasteiger partial charge is 0.172 e. The molecule has 1 atom stereocenters. The SMILES string of the molecule is COc1ccc(COCC(O)CSc2nccn2-c2cccc(C)c2C)cc1OC. The van der Waals surface area contributed by atoms with Crippen molar-refractivity contribution in [2.24, 2.45) is 0 Å². The van der Waals surface area contributed by atoms with Crippen LogP contribution < -0.4 is 9.47 Å². The maximum Gasteiger partial charge on any atom is 0.172 e. The van der Waals surface area contributed by atoms with Gasteiger partial charge in [0.1, 0.15) is 0 Å². The maximum absolute atomic E-state index is 10.3. The number of ether oxygens (including phenoxy) is 3. The third-order valence-electron chi connectivity index (χ3n) is 4.87. The van der Waals surface area contributed by atoms with Crippen molar-refractivity contribution in [3.8, 4) is 17.2 Å². The fourth-order valence-corrected chi connectivity index (χ4v) is 3.95. The second-order valence-corrected chi connectivity index (χ2v) is 7.96. The Morgan fingerprint density at radius 2 is 1.90 bits per heavy atom. The van der Waals surface area contributed by atoms with Crippen LogP contribution in [0.3, 0.4) is 0 Å². The largest absolute Gasteiger partial charge is 0.493 e. The van der Waals surface area contributed by atoms with Gasteiger partial charge in [-0.3, -0.25) is 4.57 Å². The first-order chi connectivity index (χ1) is 14.5. The van der Waals surface area contributed by atoms with Crippen molar-refractivity contribution in [2.45, 2.75) is 31.7 Å². The molecule has 0 aliphatic heterocycles. The lowest BCUT2D eigenvalue weighted by molar-refractivity contribution is 0.0397. The standard InChI is InChI=1S/C23H28N2O4S/c1-16-6-5-7-20(17(16)2)25-11-10-24-23(25)30-15-19(26)14-29-13-18-8-9-21(27-3)22(12-18)28-4/h5-12,19,26H,13-15H2,1-4H3. The topological polar surface area (TPSA) is 65.7 Å². The number of methoxy groups -OCH3 is 2. The van der Waals surface area contributed by atoms with Crippen LogP contribution in [0.15, 0.2) is 53.9 Å². The van der Waals surface area contributed by atoms with E-state index in [1.807, 2.05) is 30.5 Å². The molecule has 30 heavy (non-hydrogen) atoms. The van der Waals surface area contributed by atoms with Gasteiger partial charge < -0.3 is 19.3 Å². The summed E-state index contributed by atoms with van der Waals surface area (Å²) in [6, 6.07) is 11.9. The molecule has 3 aromatic rings. The van der Waals surface area contributed by atoms with E-state index in [2.05, 4.69) is 35.5 Å². The molecule has 0 aliphatic carbocycles. The van der Waals surface area contributed by atoms with E-state index >= 15 is 0 Å². The molecule has 1 N–H and O–H groups in total. The number of nitrogens with zero attached hydrogens (tertiary/aromatic N) is 2. The van der Waals surface area contributed by atoms with Crippen molar-refractivity contribution in [1.29, 1.82) is 0 Å². The Labute approximate surface area is 181 Å². The number of aliphatic hydroxyl groups excluding tert-OH is 1. The summed E-state index contributed by atoms with van der Waals surface area (Å²) < 4.78 is 18.3. The maximum atomic E-state index is 10.3. The number of hydrogen-bond acceptors (Lipinski definition) is 6. The molecule has 160 valence electrons. The van der Waals surface area contributed by atoms with Crippen LogP contribution in [0.5, 0.6) is 11.5 Å². The zero-order chi connectivity index (χ0) is 21.5. The van der Waals surface area contributed by atoms with Gasteiger partial charge in [-0.2, -0.15) is 0 Å². The van der Waals surface area contributed by atoms with Crippen molar-refractivity contribution in [2.75, 3.05) is 26.6 Å². The molecule has 0 bridgehead atoms. The van der Waals surface area contributed by atoms with Crippen molar-refractivity contribution >= 4 is 11.8 Å². The van der Waals surface area contributed by atoms with Crippen LogP contribution in [-0.2, 0) is 11.3 Å². The number of hydrogen-bond donors (Lipinski definition) is 1. The van der Waals surface area contributed by atoms with E-state index < -0.39 is 6.10 Å². The van der Waals surface area contributed by atoms with Crippen LogP contribution in [0.4, 0.5) is 0 Å². The van der Waals surface area contributed by atoms with Gasteiger partial charge in [0.05, 0.1) is 39.2 Å². The predicted molar refractivity (Wildman–Crippen MR) is 119 cm³/mol. The number of aryl methyl sites for hydroxylation is 1. The van der Waals surface area contributed by atoms with Gasteiger partial charge in [0.2, 0.25) is 0 Å². The van der Waals surface area contributed by atoms with E-state index in [0.717, 1.165) is 16.4 Å². The molecule has 1 heterocycles. The zero-order valence-corrected chi connectivity index (χ0v) is 18.6. The monoisotopic (exact) mass is 428 g/mol. The highest BCUT2D eigenvalue weighted by Crippen LogP contribution is 2.28. The molecule has 1 unspecified atom stereocenters. The van der Waals surface area contributed by atoms with E-state index in [4.69, 9.17) is 14.2 Å². The molecule has 0 saturated heterocycles. The summed E-state index contributed by atoms with van der Waals surface area (Å²) in [5.74, 6) is 1.83. The van der Waals surface area contributed by atoms with Gasteiger partial charge in [-0.15, -0.1) is 0 Å². The lowest BCUT2D eigenvalue weighted by atomic mass is 10.1. The molecule has 0 saturated carbocycles. The van der Waals surface area contributed by atoms with Gasteiger partial charge >= 0.3 is 0 Å². The highest BCUT2D eigenvalue weighted by molar-refractivity contribution is 7.99. The van der Waals surface area contributed by atoms with E-state index in [9.17, 15) is 5.11 Å². The number of rotatable bonds is 10. The lowest BCUT2D eigenvalue weighted by Crippen LogP contribution is -2.18. The van der Waals surface area contributed by atoms with Gasteiger partial charge in [-0.25, -0.2) is 4.98 Å². The van der Waals surface area contributed by atoms with E-state index in [-0.39, 0.29) is 6.61 Å². The first-order valence-corrected chi connectivity index (χ1v) is 10.7. The highest BCUT2D eigenvalue weighted by Gasteiger charge is 2.12. The molecule has 0 radical (unpaired) electrons. The van der Waals surface area contributed by atoms with Crippen molar-refractivity contribution < 1.29 is 19.3 Å². The van der Waals surface area contributed by atoms with Crippen molar-refractivity contribution in [3.05, 3.63) is 65.5 Å². The minimum atomic E-state index is -0.598. The molecule has 0 aliphatic rings. The van der Waals surface area contributed by atoms with Gasteiger partial charge in [0, 0.05) is 18.1 Å². The van der Waals surface area contributed by atoms with Crippen molar-refractivity contribution in [3.63, 3.8) is 0 Å². The number of benzene rings is 2. The van der Waals surface area contributed by atoms with Crippen LogP contribution in [0.25, 0.3) is 5.69 Å². The zero-order valence-electron chi connectivity index (χ0n) is 17.8. The number of imidazole rings is 1. The average Bonchev–Trinajstić information content (AvgIpc) is 3.22. The molecular weight excluding hydrogens is 400 g/mol. The molecule has 7 heteroatoms. The summed E-state index contributed by atoms with van der Waals surface area (Å²) in [6.45, 7) is 4.84. The Morgan fingerprint density at radius 1 is 1.10 bits per heavy atom. The summed E-state index contributed by atoms with van der Waals surface area (Å²) in [6.07, 6.45) is 3.13. The first kappa shape index (κ1) is 22.2. The Morgan fingerprint density at radius 3 is 2.67 bits per heavy atom. The molecule has 6 nitrogen and oxygen atoms in total. The lowest BCUT2D eigenvalue weighted by Gasteiger charge is -2.14. The molecule has 0 amide bonds. The summed E-state index contributed by atoms with van der Waals surface area (Å²) in [4.78, 5) is 4.45. The fraction of sp³-hybridized carbons (Fsp3) is 0.348. The summed E-state index contributed by atoms with van der Waals surface area (Å²) in [5, 5.41) is 11.2. The van der Waals surface area contributed by atoms with Gasteiger partial charge in [-0.05, 0) is 48.7 Å². The van der Waals surface area contributed by atoms with Crippen LogP contribution >= 0.6 is 11.8 Å². The predicted octanol–water partition coefficient (Wildman–Crippen LogP) is 4.18. The molecule has 2 aromatic carbocycles. The number of aliphatic hydroxyl groups is 1. The third kappa shape index (κ3) is 5.36. The Bertz CT molecular complexity index is 974. The summed E-state index contributed by atoms with van der Waals surface area (Å²) in [7, 11) is 3.21. The minimum absolute atomic E-state index is 0.242. The second kappa shape index (κ2) is 10.5. The Kier molecular flexibility index (Phi) is 7.79. The summed E-state index contributed by atoms with van der Waals surface area (Å²) >= 11 is 1.51. The van der Waals surface area contributed by atoms with E-state index in [1.54, 1.807) is 20.4 Å². The van der Waals surface area contributed by atoms with Gasteiger partial charge in [0.15, 0.2) is 16.7 Å². The average molecular weight is 429 g/mol. The van der Waals surface area contributed by atoms with Gasteiger partial charge in [0.25, 0.3) is 0 Å². The number of aromatic nitrogens is 2. The molecule has 3 rings (SSSR count). The van der Waals surface area contributed by atoms with Crippen LogP contribution in [0.2, 0.25) is 0 Å². The highest BCUT2D eigenvalue weighted by atomic mass is 32.2. The van der Waals surface area contributed by atoms with Crippen LogP contribution in [-0.4, -0.2) is 47.3 Å². The Balaban J connectivity index is 1.52. The molecular formula is C23H28N2O4S. The van der Waals surface area contributed by atoms with Crippen molar-refractivity contribution in [1.82, 2.24) is 9.55 Å². The minimum Gasteiger partial charge on any atom is -0.493 e.